The molecule has 126 valence electrons. The van der Waals surface area contributed by atoms with E-state index in [1.165, 1.54) is 6.07 Å². The van der Waals surface area contributed by atoms with Crippen molar-refractivity contribution in [2.24, 2.45) is 5.73 Å². The Bertz CT molecular complexity index is 940. The van der Waals surface area contributed by atoms with E-state index in [-0.39, 0.29) is 5.82 Å². The minimum Gasteiger partial charge on any atom is -0.369 e. The molecule has 1 heterocycles. The van der Waals surface area contributed by atoms with Gasteiger partial charge in [-0.3, -0.25) is 4.79 Å². The lowest BCUT2D eigenvalue weighted by Crippen LogP contribution is -2.24. The number of hydrogen-bond donors (Lipinski definition) is 1. The Hall–Kier alpha value is -3.08. The Balaban J connectivity index is 2.17. The third-order valence-electron chi connectivity index (χ3n) is 4.24. The van der Waals surface area contributed by atoms with E-state index in [1.54, 1.807) is 31.2 Å². The van der Waals surface area contributed by atoms with E-state index in [0.717, 1.165) is 11.1 Å². The Morgan fingerprint density at radius 3 is 2.36 bits per heavy atom. The molecule has 2 N–H and O–H groups in total. The predicted molar refractivity (Wildman–Crippen MR) is 94.4 cm³/mol. The minimum atomic E-state index is -0.736. The SMILES string of the molecule is Cc1ccccc1C(C(N)=O)c1cc(-c2ccccc2F)c(C)nn1. The lowest BCUT2D eigenvalue weighted by atomic mass is 9.90. The number of carbonyl (C=O) groups excluding carboxylic acids is 1. The standard InChI is InChI=1S/C20H18FN3O/c1-12-7-3-4-8-14(12)19(20(22)25)18-11-16(13(2)23-24-18)15-9-5-6-10-17(15)21/h3-11,19H,1-2H3,(H2,22,25). The van der Waals surface area contributed by atoms with E-state index < -0.39 is 11.8 Å². The molecule has 0 saturated heterocycles. The minimum absolute atomic E-state index is 0.351. The van der Waals surface area contributed by atoms with Gasteiger partial charge in [-0.1, -0.05) is 42.5 Å². The normalized spacial score (nSPS) is 12.0. The fraction of sp³-hybridized carbons (Fsp3) is 0.150. The number of aromatic nitrogens is 2. The summed E-state index contributed by atoms with van der Waals surface area (Å²) >= 11 is 0. The number of carbonyl (C=O) groups is 1. The summed E-state index contributed by atoms with van der Waals surface area (Å²) in [6.45, 7) is 3.66. The largest absolute Gasteiger partial charge is 0.369 e. The Kier molecular flexibility index (Phi) is 4.57. The van der Waals surface area contributed by atoms with E-state index in [9.17, 15) is 9.18 Å². The summed E-state index contributed by atoms with van der Waals surface area (Å²) in [7, 11) is 0. The molecule has 0 spiro atoms. The van der Waals surface area contributed by atoms with Crippen molar-refractivity contribution in [3.05, 3.63) is 82.9 Å². The van der Waals surface area contributed by atoms with Gasteiger partial charge in [-0.25, -0.2) is 4.39 Å². The number of primary amides is 1. The Morgan fingerprint density at radius 2 is 1.68 bits per heavy atom. The van der Waals surface area contributed by atoms with Gasteiger partial charge in [-0.15, -0.1) is 0 Å². The smallest absolute Gasteiger partial charge is 0.231 e. The van der Waals surface area contributed by atoms with Gasteiger partial charge in [-0.2, -0.15) is 10.2 Å². The number of halogens is 1. The molecular weight excluding hydrogens is 317 g/mol. The molecule has 0 fully saturated rings. The van der Waals surface area contributed by atoms with Crippen molar-refractivity contribution in [1.82, 2.24) is 10.2 Å². The first-order valence-electron chi connectivity index (χ1n) is 7.93. The Labute approximate surface area is 145 Å². The van der Waals surface area contributed by atoms with Crippen LogP contribution in [0.25, 0.3) is 11.1 Å². The average Bonchev–Trinajstić information content (AvgIpc) is 2.59. The van der Waals surface area contributed by atoms with E-state index in [2.05, 4.69) is 10.2 Å². The summed E-state index contributed by atoms with van der Waals surface area (Å²) in [6.07, 6.45) is 0. The first-order valence-corrected chi connectivity index (χ1v) is 7.93. The van der Waals surface area contributed by atoms with Gasteiger partial charge in [0.1, 0.15) is 11.7 Å². The van der Waals surface area contributed by atoms with Crippen LogP contribution in [0.15, 0.2) is 54.6 Å². The zero-order valence-electron chi connectivity index (χ0n) is 14.0. The van der Waals surface area contributed by atoms with E-state index in [0.29, 0.717) is 22.5 Å². The van der Waals surface area contributed by atoms with E-state index >= 15 is 0 Å². The van der Waals surface area contributed by atoms with Crippen molar-refractivity contribution in [3.8, 4) is 11.1 Å². The van der Waals surface area contributed by atoms with Crippen LogP contribution in [0.4, 0.5) is 4.39 Å². The number of amides is 1. The van der Waals surface area contributed by atoms with Gasteiger partial charge in [-0.05, 0) is 37.1 Å². The molecule has 5 heteroatoms. The number of nitrogens with zero attached hydrogens (tertiary/aromatic N) is 2. The number of benzene rings is 2. The molecule has 1 amide bonds. The van der Waals surface area contributed by atoms with Gasteiger partial charge in [0, 0.05) is 11.1 Å². The maximum Gasteiger partial charge on any atom is 0.231 e. The molecule has 3 rings (SSSR count). The zero-order valence-corrected chi connectivity index (χ0v) is 14.0. The third-order valence-corrected chi connectivity index (χ3v) is 4.24. The maximum atomic E-state index is 14.2. The fourth-order valence-corrected chi connectivity index (χ4v) is 2.93. The summed E-state index contributed by atoms with van der Waals surface area (Å²) in [4.78, 5) is 12.1. The van der Waals surface area contributed by atoms with Crippen LogP contribution >= 0.6 is 0 Å². The monoisotopic (exact) mass is 335 g/mol. The molecular formula is C20H18FN3O. The highest BCUT2D eigenvalue weighted by Crippen LogP contribution is 2.30. The van der Waals surface area contributed by atoms with Gasteiger partial charge in [0.15, 0.2) is 0 Å². The van der Waals surface area contributed by atoms with Gasteiger partial charge < -0.3 is 5.73 Å². The molecule has 3 aromatic rings. The summed E-state index contributed by atoms with van der Waals surface area (Å²) in [5.41, 5.74) is 9.36. The van der Waals surface area contributed by atoms with Crippen LogP contribution < -0.4 is 5.73 Å². The van der Waals surface area contributed by atoms with E-state index in [1.807, 2.05) is 31.2 Å². The lowest BCUT2D eigenvalue weighted by molar-refractivity contribution is -0.118. The van der Waals surface area contributed by atoms with Crippen LogP contribution in [0.3, 0.4) is 0 Å². The fourth-order valence-electron chi connectivity index (χ4n) is 2.93. The number of nitrogens with two attached hydrogens (primary N) is 1. The van der Waals surface area contributed by atoms with Gasteiger partial charge in [0.2, 0.25) is 5.91 Å². The summed E-state index contributed by atoms with van der Waals surface area (Å²) in [5.74, 6) is -1.61. The highest BCUT2D eigenvalue weighted by molar-refractivity contribution is 5.86. The van der Waals surface area contributed by atoms with Crippen molar-refractivity contribution in [3.63, 3.8) is 0 Å². The second-order valence-corrected chi connectivity index (χ2v) is 5.94. The molecule has 0 aliphatic carbocycles. The molecule has 0 saturated carbocycles. The van der Waals surface area contributed by atoms with Crippen molar-refractivity contribution in [1.29, 1.82) is 0 Å². The first-order chi connectivity index (χ1) is 12.0. The van der Waals surface area contributed by atoms with E-state index in [4.69, 9.17) is 5.73 Å². The van der Waals surface area contributed by atoms with Crippen molar-refractivity contribution < 1.29 is 9.18 Å². The molecule has 0 aliphatic heterocycles. The lowest BCUT2D eigenvalue weighted by Gasteiger charge is -2.17. The molecule has 0 bridgehead atoms. The molecule has 0 radical (unpaired) electrons. The predicted octanol–water partition coefficient (Wildman–Crippen LogP) is 3.52. The summed E-state index contributed by atoms with van der Waals surface area (Å²) < 4.78 is 14.2. The molecule has 2 aromatic carbocycles. The topological polar surface area (TPSA) is 68.9 Å². The van der Waals surface area contributed by atoms with Crippen LogP contribution in [0.2, 0.25) is 0 Å². The van der Waals surface area contributed by atoms with Gasteiger partial charge in [0.25, 0.3) is 0 Å². The first kappa shape index (κ1) is 16.8. The van der Waals surface area contributed by atoms with Crippen molar-refractivity contribution >= 4 is 5.91 Å². The summed E-state index contributed by atoms with van der Waals surface area (Å²) in [6, 6.07) is 15.6. The molecule has 4 nitrogen and oxygen atoms in total. The van der Waals surface area contributed by atoms with Crippen LogP contribution in [0, 0.1) is 19.7 Å². The molecule has 0 aliphatic rings. The van der Waals surface area contributed by atoms with Crippen LogP contribution in [-0.4, -0.2) is 16.1 Å². The van der Waals surface area contributed by atoms with Crippen molar-refractivity contribution in [2.75, 3.05) is 0 Å². The number of hydrogen-bond acceptors (Lipinski definition) is 3. The van der Waals surface area contributed by atoms with Crippen LogP contribution in [-0.2, 0) is 4.79 Å². The zero-order chi connectivity index (χ0) is 18.0. The van der Waals surface area contributed by atoms with Crippen LogP contribution in [0.5, 0.6) is 0 Å². The number of aryl methyl sites for hydroxylation is 2. The van der Waals surface area contributed by atoms with Gasteiger partial charge in [0.05, 0.1) is 11.4 Å². The maximum absolute atomic E-state index is 14.2. The molecule has 25 heavy (non-hydrogen) atoms. The third kappa shape index (κ3) is 3.26. The quantitative estimate of drug-likeness (QED) is 0.793. The van der Waals surface area contributed by atoms with Crippen molar-refractivity contribution in [2.45, 2.75) is 19.8 Å². The molecule has 1 unspecified atom stereocenters. The Morgan fingerprint density at radius 1 is 1.00 bits per heavy atom. The molecule has 1 atom stereocenters. The second kappa shape index (κ2) is 6.81. The molecule has 1 aromatic heterocycles. The second-order valence-electron chi connectivity index (χ2n) is 5.94. The highest BCUT2D eigenvalue weighted by atomic mass is 19.1. The number of rotatable bonds is 4. The average molecular weight is 335 g/mol. The summed E-state index contributed by atoms with van der Waals surface area (Å²) in [5, 5.41) is 8.29. The van der Waals surface area contributed by atoms with Crippen LogP contribution in [0.1, 0.15) is 28.4 Å². The highest BCUT2D eigenvalue weighted by Gasteiger charge is 2.25. The van der Waals surface area contributed by atoms with Gasteiger partial charge >= 0.3 is 0 Å².